The van der Waals surface area contributed by atoms with Crippen molar-refractivity contribution in [2.45, 2.75) is 12.1 Å². The number of ether oxygens (including phenoxy) is 2. The molecule has 60 valence electrons. The van der Waals surface area contributed by atoms with Crippen molar-refractivity contribution in [1.82, 2.24) is 0 Å². The van der Waals surface area contributed by atoms with Gasteiger partial charge in [0, 0.05) is 0 Å². The Labute approximate surface area is 54.3 Å². The van der Waals surface area contributed by atoms with Crippen molar-refractivity contribution in [3.05, 3.63) is 0 Å². The van der Waals surface area contributed by atoms with Crippen LogP contribution in [-0.4, -0.2) is 30.5 Å². The van der Waals surface area contributed by atoms with Gasteiger partial charge in [0.25, 0.3) is 0 Å². The van der Waals surface area contributed by atoms with Gasteiger partial charge >= 0.3 is 6.36 Å². The second-order valence-corrected chi connectivity index (χ2v) is 1.97. The molecule has 0 radical (unpaired) electrons. The van der Waals surface area contributed by atoms with Crippen LogP contribution in [0.1, 0.15) is 0 Å². The zero-order valence-corrected chi connectivity index (χ0v) is 4.81. The molecule has 1 rings (SSSR count). The molecule has 0 aromatic heterocycles. The lowest BCUT2D eigenvalue weighted by Crippen LogP contribution is -2.25. The van der Waals surface area contributed by atoms with E-state index in [2.05, 4.69) is 9.47 Å². The summed E-state index contributed by atoms with van der Waals surface area (Å²) in [6.45, 7) is -0.945. The van der Waals surface area contributed by atoms with Gasteiger partial charge in [-0.3, -0.25) is 4.74 Å². The Morgan fingerprint density at radius 1 is 1.60 bits per heavy atom. The average molecular weight is 158 g/mol. The van der Waals surface area contributed by atoms with E-state index in [1.54, 1.807) is 0 Å². The number of aliphatic hydroxyl groups is 1. The maximum atomic E-state index is 11.2. The highest BCUT2D eigenvalue weighted by molar-refractivity contribution is 4.78. The van der Waals surface area contributed by atoms with Crippen LogP contribution in [0.4, 0.5) is 13.2 Å². The molecule has 0 saturated carbocycles. The summed E-state index contributed by atoms with van der Waals surface area (Å²) in [4.78, 5) is 0. The first kappa shape index (κ1) is 7.77. The molecular weight excluding hydrogens is 153 g/mol. The molecule has 0 amide bonds. The Morgan fingerprint density at radius 2 is 2.10 bits per heavy atom. The second kappa shape index (κ2) is 2.08. The van der Waals surface area contributed by atoms with E-state index in [4.69, 9.17) is 5.11 Å². The smallest absolute Gasteiger partial charge is 0.362 e. The summed E-state index contributed by atoms with van der Waals surface area (Å²) in [5, 5.41) is 8.64. The average Bonchev–Trinajstić information content (AvgIpc) is 2.43. The molecule has 1 aliphatic rings. The summed E-state index contributed by atoms with van der Waals surface area (Å²) < 4.78 is 41.2. The Hall–Kier alpha value is -0.330. The standard InChI is InChI=1S/C4H5F3O3/c5-4(6,7)10-2-3(8)1-9-3/h8H,1-2H2. The maximum Gasteiger partial charge on any atom is 0.522 e. The minimum absolute atomic E-state index is 0.0942. The fourth-order valence-corrected chi connectivity index (χ4v) is 0.361. The molecule has 1 heterocycles. The van der Waals surface area contributed by atoms with Gasteiger partial charge in [0.05, 0.1) is 0 Å². The molecule has 10 heavy (non-hydrogen) atoms. The maximum absolute atomic E-state index is 11.2. The van der Waals surface area contributed by atoms with E-state index < -0.39 is 18.8 Å². The number of rotatable bonds is 2. The first-order chi connectivity index (χ1) is 4.41. The van der Waals surface area contributed by atoms with Crippen molar-refractivity contribution in [2.75, 3.05) is 13.2 Å². The van der Waals surface area contributed by atoms with Crippen LogP contribution in [0.2, 0.25) is 0 Å². The number of halogens is 3. The molecule has 1 saturated heterocycles. The van der Waals surface area contributed by atoms with Crippen molar-refractivity contribution in [1.29, 1.82) is 0 Å². The molecule has 0 spiro atoms. The van der Waals surface area contributed by atoms with Crippen molar-refractivity contribution in [3.63, 3.8) is 0 Å². The third-order valence-electron chi connectivity index (χ3n) is 0.939. The van der Waals surface area contributed by atoms with Gasteiger partial charge in [-0.05, 0) is 0 Å². The molecule has 1 N–H and O–H groups in total. The number of hydrogen-bond acceptors (Lipinski definition) is 3. The first-order valence-electron chi connectivity index (χ1n) is 2.48. The Balaban J connectivity index is 2.17. The molecule has 1 aliphatic heterocycles. The SMILES string of the molecule is OC1(COC(F)(F)F)CO1. The molecule has 0 aromatic rings. The summed E-state index contributed by atoms with van der Waals surface area (Å²) in [5.74, 6) is -1.68. The molecule has 6 heteroatoms. The molecule has 1 fully saturated rings. The van der Waals surface area contributed by atoms with Gasteiger partial charge in [0.15, 0.2) is 0 Å². The molecule has 0 aliphatic carbocycles. The van der Waals surface area contributed by atoms with Crippen LogP contribution in [0.15, 0.2) is 0 Å². The topological polar surface area (TPSA) is 42.0 Å². The van der Waals surface area contributed by atoms with Crippen LogP contribution in [0.5, 0.6) is 0 Å². The summed E-state index contributed by atoms with van der Waals surface area (Å²) >= 11 is 0. The Bertz CT molecular complexity index is 123. The van der Waals surface area contributed by atoms with Crippen LogP contribution < -0.4 is 0 Å². The van der Waals surface area contributed by atoms with Gasteiger partial charge in [-0.25, -0.2) is 0 Å². The monoisotopic (exact) mass is 158 g/mol. The third-order valence-corrected chi connectivity index (χ3v) is 0.939. The van der Waals surface area contributed by atoms with E-state index in [9.17, 15) is 13.2 Å². The van der Waals surface area contributed by atoms with Crippen molar-refractivity contribution in [3.8, 4) is 0 Å². The summed E-state index contributed by atoms with van der Waals surface area (Å²) in [6.07, 6.45) is -4.69. The molecule has 1 atom stereocenters. The molecule has 0 bridgehead atoms. The highest BCUT2D eigenvalue weighted by atomic mass is 19.4. The number of epoxide rings is 1. The minimum atomic E-state index is -4.69. The minimum Gasteiger partial charge on any atom is -0.362 e. The summed E-state index contributed by atoms with van der Waals surface area (Å²) in [6, 6.07) is 0. The predicted molar refractivity (Wildman–Crippen MR) is 22.9 cm³/mol. The van der Waals surface area contributed by atoms with Gasteiger partial charge in [-0.1, -0.05) is 0 Å². The van der Waals surface area contributed by atoms with E-state index in [0.717, 1.165) is 0 Å². The predicted octanol–water partition coefficient (Wildman–Crippen LogP) is 0.242. The fourth-order valence-electron chi connectivity index (χ4n) is 0.361. The van der Waals surface area contributed by atoms with E-state index in [1.807, 2.05) is 0 Å². The first-order valence-corrected chi connectivity index (χ1v) is 2.48. The van der Waals surface area contributed by atoms with Crippen LogP contribution in [-0.2, 0) is 9.47 Å². The Morgan fingerprint density at radius 3 is 2.40 bits per heavy atom. The lowest BCUT2D eigenvalue weighted by molar-refractivity contribution is -0.336. The van der Waals surface area contributed by atoms with Gasteiger partial charge in [0.1, 0.15) is 13.2 Å². The van der Waals surface area contributed by atoms with Crippen LogP contribution in [0.25, 0.3) is 0 Å². The van der Waals surface area contributed by atoms with E-state index >= 15 is 0 Å². The van der Waals surface area contributed by atoms with Gasteiger partial charge < -0.3 is 9.84 Å². The lowest BCUT2D eigenvalue weighted by atomic mass is 10.4. The van der Waals surface area contributed by atoms with E-state index in [1.165, 1.54) is 0 Å². The molecule has 0 aromatic carbocycles. The van der Waals surface area contributed by atoms with Gasteiger partial charge in [-0.2, -0.15) is 0 Å². The van der Waals surface area contributed by atoms with E-state index in [0.29, 0.717) is 0 Å². The van der Waals surface area contributed by atoms with Gasteiger partial charge in [0.2, 0.25) is 5.79 Å². The molecule has 3 nitrogen and oxygen atoms in total. The lowest BCUT2D eigenvalue weighted by Gasteiger charge is -2.07. The highest BCUT2D eigenvalue weighted by Gasteiger charge is 2.46. The second-order valence-electron chi connectivity index (χ2n) is 1.97. The van der Waals surface area contributed by atoms with Crippen LogP contribution in [0.3, 0.4) is 0 Å². The molecule has 1 unspecified atom stereocenters. The van der Waals surface area contributed by atoms with Gasteiger partial charge in [-0.15, -0.1) is 13.2 Å². The van der Waals surface area contributed by atoms with Crippen LogP contribution in [0, 0.1) is 0 Å². The third kappa shape index (κ3) is 2.51. The Kier molecular flexibility index (Phi) is 1.61. The largest absolute Gasteiger partial charge is 0.522 e. The fraction of sp³-hybridized carbons (Fsp3) is 1.00. The van der Waals surface area contributed by atoms with Crippen molar-refractivity contribution >= 4 is 0 Å². The zero-order valence-electron chi connectivity index (χ0n) is 4.81. The highest BCUT2D eigenvalue weighted by Crippen LogP contribution is 2.26. The summed E-state index contributed by atoms with van der Waals surface area (Å²) in [7, 11) is 0. The van der Waals surface area contributed by atoms with E-state index in [-0.39, 0.29) is 6.61 Å². The molecular formula is C4H5F3O3. The normalized spacial score (nSPS) is 32.4. The van der Waals surface area contributed by atoms with Crippen LogP contribution >= 0.6 is 0 Å². The summed E-state index contributed by atoms with van der Waals surface area (Å²) in [5.41, 5.74) is 0. The zero-order chi connectivity index (χ0) is 7.83. The number of hydrogen-bond donors (Lipinski definition) is 1. The van der Waals surface area contributed by atoms with Crippen molar-refractivity contribution in [2.24, 2.45) is 0 Å². The van der Waals surface area contributed by atoms with Crippen molar-refractivity contribution < 1.29 is 27.8 Å². The quantitative estimate of drug-likeness (QED) is 0.585. The number of alkyl halides is 3.